The van der Waals surface area contributed by atoms with Gasteiger partial charge in [0.05, 0.1) is 19.2 Å². The number of aliphatic imine (C=N–C) groups is 1. The van der Waals surface area contributed by atoms with Crippen LogP contribution in [0.1, 0.15) is 23.1 Å². The molecule has 7 heteroatoms. The third kappa shape index (κ3) is 3.10. The van der Waals surface area contributed by atoms with Gasteiger partial charge in [-0.25, -0.2) is 9.82 Å². The van der Waals surface area contributed by atoms with E-state index in [9.17, 15) is 4.39 Å². The zero-order chi connectivity index (χ0) is 16.5. The molecular weight excluding hydrogens is 343 g/mol. The summed E-state index contributed by atoms with van der Waals surface area (Å²) in [4.78, 5) is 8.37. The molecule has 25 heavy (non-hydrogen) atoms. The van der Waals surface area contributed by atoms with Gasteiger partial charge in [0.1, 0.15) is 0 Å². The number of rotatable bonds is 3. The lowest BCUT2D eigenvalue weighted by Crippen LogP contribution is -2.35. The third-order valence-corrected chi connectivity index (χ3v) is 4.51. The number of hydrogen-bond acceptors (Lipinski definition) is 5. The van der Waals surface area contributed by atoms with Crippen molar-refractivity contribution >= 4 is 18.6 Å². The van der Waals surface area contributed by atoms with E-state index in [2.05, 4.69) is 15.4 Å². The first-order chi connectivity index (χ1) is 11.8. The predicted molar refractivity (Wildman–Crippen MR) is 96.3 cm³/mol. The summed E-state index contributed by atoms with van der Waals surface area (Å²) < 4.78 is 19.2. The summed E-state index contributed by atoms with van der Waals surface area (Å²) in [6.45, 7) is 0. The normalized spacial score (nSPS) is 23.9. The molecule has 2 aliphatic rings. The van der Waals surface area contributed by atoms with Gasteiger partial charge < -0.3 is 9.75 Å². The highest BCUT2D eigenvalue weighted by Gasteiger charge is 2.42. The maximum Gasteiger partial charge on any atom is 0.165 e. The molecule has 5 nitrogen and oxygen atoms in total. The van der Waals surface area contributed by atoms with E-state index in [0.717, 1.165) is 11.1 Å². The van der Waals surface area contributed by atoms with Crippen LogP contribution >= 0.6 is 12.4 Å². The van der Waals surface area contributed by atoms with Gasteiger partial charge >= 0.3 is 0 Å². The van der Waals surface area contributed by atoms with Crippen LogP contribution in [0, 0.1) is 5.82 Å². The van der Waals surface area contributed by atoms with Crippen molar-refractivity contribution in [3.8, 4) is 5.75 Å². The molecule has 1 fully saturated rings. The molecule has 2 aromatic rings. The van der Waals surface area contributed by atoms with E-state index >= 15 is 0 Å². The van der Waals surface area contributed by atoms with Crippen molar-refractivity contribution in [2.45, 2.75) is 18.0 Å². The molecule has 130 valence electrons. The van der Waals surface area contributed by atoms with Crippen LogP contribution in [0.3, 0.4) is 0 Å². The van der Waals surface area contributed by atoms with Crippen molar-refractivity contribution in [3.63, 3.8) is 0 Å². The average Bonchev–Trinajstić information content (AvgIpc) is 3.02. The van der Waals surface area contributed by atoms with Crippen LogP contribution in [-0.4, -0.2) is 29.4 Å². The number of aromatic nitrogens is 1. The van der Waals surface area contributed by atoms with Crippen LogP contribution in [0.25, 0.3) is 0 Å². The number of hydrazine groups is 1. The number of ether oxygens (including phenoxy) is 1. The van der Waals surface area contributed by atoms with Gasteiger partial charge in [0, 0.05) is 36.9 Å². The average molecular weight is 361 g/mol. The van der Waals surface area contributed by atoms with Gasteiger partial charge in [0.15, 0.2) is 11.6 Å². The molecule has 1 aromatic carbocycles. The largest absolute Gasteiger partial charge is 0.494 e. The fourth-order valence-corrected chi connectivity index (χ4v) is 3.39. The third-order valence-electron chi connectivity index (χ3n) is 4.51. The molecule has 0 saturated carbocycles. The molecule has 0 spiro atoms. The van der Waals surface area contributed by atoms with Gasteiger partial charge in [-0.15, -0.1) is 12.4 Å². The Morgan fingerprint density at radius 2 is 1.96 bits per heavy atom. The van der Waals surface area contributed by atoms with Crippen LogP contribution in [0.5, 0.6) is 5.75 Å². The van der Waals surface area contributed by atoms with Gasteiger partial charge in [-0.2, -0.15) is 0 Å². The first kappa shape index (κ1) is 17.4. The second kappa shape index (κ2) is 7.21. The summed E-state index contributed by atoms with van der Waals surface area (Å²) in [6.07, 6.45) is 9.11. The van der Waals surface area contributed by atoms with Gasteiger partial charge in [0.25, 0.3) is 0 Å². The Morgan fingerprint density at radius 3 is 2.68 bits per heavy atom. The van der Waals surface area contributed by atoms with Gasteiger partial charge in [0.2, 0.25) is 0 Å². The minimum absolute atomic E-state index is 0. The molecule has 3 heterocycles. The maximum atomic E-state index is 14.2. The number of pyridine rings is 1. The molecule has 0 radical (unpaired) electrons. The number of hydrogen-bond donors (Lipinski definition) is 1. The molecule has 2 aliphatic heterocycles. The van der Waals surface area contributed by atoms with Crippen LogP contribution < -0.4 is 10.2 Å². The Bertz CT molecular complexity index is 799. The zero-order valence-corrected chi connectivity index (χ0v) is 14.4. The van der Waals surface area contributed by atoms with Crippen molar-refractivity contribution < 1.29 is 9.13 Å². The fourth-order valence-electron chi connectivity index (χ4n) is 3.39. The quantitative estimate of drug-likeness (QED) is 0.913. The molecule has 1 N–H and O–H groups in total. The topological polar surface area (TPSA) is 49.8 Å². The van der Waals surface area contributed by atoms with E-state index in [1.165, 1.54) is 13.2 Å². The zero-order valence-electron chi connectivity index (χ0n) is 13.5. The van der Waals surface area contributed by atoms with Crippen molar-refractivity contribution in [2.24, 2.45) is 4.99 Å². The minimum Gasteiger partial charge on any atom is -0.494 e. The summed E-state index contributed by atoms with van der Waals surface area (Å²) in [7, 11) is 1.47. The monoisotopic (exact) mass is 360 g/mol. The Balaban J connectivity index is 0.00000182. The summed E-state index contributed by atoms with van der Waals surface area (Å²) in [5.41, 5.74) is 5.45. The highest BCUT2D eigenvalue weighted by atomic mass is 35.5. The van der Waals surface area contributed by atoms with Crippen molar-refractivity contribution in [1.82, 2.24) is 15.4 Å². The predicted octanol–water partition coefficient (Wildman–Crippen LogP) is 3.22. The van der Waals surface area contributed by atoms with Crippen LogP contribution in [0.2, 0.25) is 0 Å². The molecular formula is C18H18ClFN4O. The van der Waals surface area contributed by atoms with Crippen LogP contribution in [0.15, 0.2) is 60.1 Å². The molecule has 3 atom stereocenters. The fraction of sp³-hybridized carbons (Fsp3) is 0.222. The Kier molecular flexibility index (Phi) is 5.01. The highest BCUT2D eigenvalue weighted by Crippen LogP contribution is 2.41. The van der Waals surface area contributed by atoms with Crippen molar-refractivity contribution in [2.75, 3.05) is 7.11 Å². The van der Waals surface area contributed by atoms with Crippen LogP contribution in [-0.2, 0) is 0 Å². The smallest absolute Gasteiger partial charge is 0.165 e. The van der Waals surface area contributed by atoms with E-state index in [-0.39, 0.29) is 42.0 Å². The second-order valence-corrected chi connectivity index (χ2v) is 5.80. The van der Waals surface area contributed by atoms with E-state index in [0.29, 0.717) is 0 Å². The number of methoxy groups -OCH3 is 1. The first-order valence-corrected chi connectivity index (χ1v) is 7.76. The lowest BCUT2D eigenvalue weighted by atomic mass is 9.84. The number of fused-ring (bicyclic) bond motifs is 1. The van der Waals surface area contributed by atoms with E-state index in [4.69, 9.17) is 4.74 Å². The Hall–Kier alpha value is -2.44. The number of nitrogens with zero attached hydrogens (tertiary/aromatic N) is 3. The summed E-state index contributed by atoms with van der Waals surface area (Å²) >= 11 is 0. The van der Waals surface area contributed by atoms with Gasteiger partial charge in [-0.05, 0) is 35.4 Å². The summed E-state index contributed by atoms with van der Waals surface area (Å²) in [5.74, 6) is -0.0229. The summed E-state index contributed by atoms with van der Waals surface area (Å²) in [6, 6.07) is 9.07. The highest BCUT2D eigenvalue weighted by molar-refractivity contribution is 5.85. The van der Waals surface area contributed by atoms with Gasteiger partial charge in [-0.1, -0.05) is 6.07 Å². The first-order valence-electron chi connectivity index (χ1n) is 7.76. The van der Waals surface area contributed by atoms with Crippen LogP contribution in [0.4, 0.5) is 4.39 Å². The van der Waals surface area contributed by atoms with Crippen molar-refractivity contribution in [1.29, 1.82) is 0 Å². The molecule has 4 rings (SSSR count). The Labute approximate surface area is 151 Å². The molecule has 1 aromatic heterocycles. The summed E-state index contributed by atoms with van der Waals surface area (Å²) in [5, 5.41) is 2.02. The van der Waals surface area contributed by atoms with E-state index in [1.54, 1.807) is 24.7 Å². The number of halogens is 2. The maximum absolute atomic E-state index is 14.2. The van der Waals surface area contributed by atoms with Crippen molar-refractivity contribution in [3.05, 3.63) is 72.1 Å². The van der Waals surface area contributed by atoms with E-state index < -0.39 is 0 Å². The molecule has 0 aliphatic carbocycles. The SMILES string of the molecule is COc1ccc(C2NN3C=CN=CC3C2c2ccncc2)cc1F.Cl. The molecule has 3 unspecified atom stereocenters. The minimum atomic E-state index is -0.362. The molecule has 0 amide bonds. The molecule has 1 saturated heterocycles. The molecule has 0 bridgehead atoms. The lowest BCUT2D eigenvalue weighted by molar-refractivity contribution is 0.302. The Morgan fingerprint density at radius 1 is 1.16 bits per heavy atom. The second-order valence-electron chi connectivity index (χ2n) is 5.80. The van der Waals surface area contributed by atoms with Gasteiger partial charge in [-0.3, -0.25) is 9.98 Å². The number of nitrogens with one attached hydrogen (secondary N) is 1. The number of benzene rings is 1. The standard InChI is InChI=1S/C18H17FN4O.ClH/c1-24-16-3-2-13(10-14(16)19)18-17(12-4-6-20-7-5-12)15-11-21-8-9-23(15)22-18;/h2-11,15,17-18,22H,1H3;1H. The van der Waals surface area contributed by atoms with E-state index in [1.807, 2.05) is 35.6 Å². The lowest BCUT2D eigenvalue weighted by Gasteiger charge is -2.24.